The number of hydrogen-bond donors (Lipinski definition) is 0. The zero-order valence-electron chi connectivity index (χ0n) is 32.7. The third kappa shape index (κ3) is 5.54. The molecule has 1 aliphatic rings. The number of fused-ring (bicyclic) bond motifs is 9. The maximum Gasteiger partial charge on any atom is 0.0465 e. The van der Waals surface area contributed by atoms with Gasteiger partial charge in [-0.05, 0) is 136 Å². The zero-order chi connectivity index (χ0) is 38.8. The van der Waals surface area contributed by atoms with Crippen molar-refractivity contribution in [2.24, 2.45) is 0 Å². The van der Waals surface area contributed by atoms with Gasteiger partial charge in [0.05, 0.1) is 0 Å². The molecule has 0 N–H and O–H groups in total. The fraction of sp³-hybridized carbons (Fsp3) is 0.0526. The molecule has 0 radical (unpaired) electrons. The minimum atomic E-state index is -0.163. The van der Waals surface area contributed by atoms with Crippen molar-refractivity contribution in [3.05, 3.63) is 223 Å². The average molecular weight is 740 g/mol. The van der Waals surface area contributed by atoms with Crippen LogP contribution in [0.5, 0.6) is 0 Å². The van der Waals surface area contributed by atoms with Crippen LogP contribution in [0.3, 0.4) is 0 Å². The van der Waals surface area contributed by atoms with Crippen LogP contribution in [0, 0.1) is 0 Å². The van der Waals surface area contributed by atoms with Crippen LogP contribution in [0.25, 0.3) is 76.8 Å². The van der Waals surface area contributed by atoms with E-state index in [-0.39, 0.29) is 5.41 Å². The summed E-state index contributed by atoms with van der Waals surface area (Å²) in [6, 6.07) is 78.1. The molecule has 11 rings (SSSR count). The summed E-state index contributed by atoms with van der Waals surface area (Å²) < 4.78 is 0. The largest absolute Gasteiger partial charge is 0.310 e. The van der Waals surface area contributed by atoms with Crippen molar-refractivity contribution in [2.75, 3.05) is 4.90 Å². The maximum absolute atomic E-state index is 2.43. The second kappa shape index (κ2) is 13.5. The highest BCUT2D eigenvalue weighted by molar-refractivity contribution is 6.25. The minimum absolute atomic E-state index is 0.163. The molecule has 0 aromatic heterocycles. The Morgan fingerprint density at radius 1 is 0.276 bits per heavy atom. The topological polar surface area (TPSA) is 3.24 Å². The van der Waals surface area contributed by atoms with Crippen LogP contribution in [0.4, 0.5) is 17.1 Å². The fourth-order valence-electron chi connectivity index (χ4n) is 9.45. The van der Waals surface area contributed by atoms with E-state index < -0.39 is 0 Å². The highest BCUT2D eigenvalue weighted by Crippen LogP contribution is 2.52. The summed E-state index contributed by atoms with van der Waals surface area (Å²) in [6.45, 7) is 4.75. The van der Waals surface area contributed by atoms with Crippen LogP contribution in [-0.4, -0.2) is 0 Å². The first-order valence-corrected chi connectivity index (χ1v) is 20.3. The van der Waals surface area contributed by atoms with Gasteiger partial charge in [0, 0.05) is 22.5 Å². The monoisotopic (exact) mass is 739 g/mol. The number of rotatable bonds is 6. The molecule has 1 aliphatic carbocycles. The lowest BCUT2D eigenvalue weighted by atomic mass is 9.81. The number of nitrogens with zero attached hydrogens (tertiary/aromatic N) is 1. The Balaban J connectivity index is 1.01. The van der Waals surface area contributed by atoms with E-state index in [1.54, 1.807) is 0 Å². The molecule has 0 atom stereocenters. The molecule has 1 heteroatoms. The predicted molar refractivity (Wildman–Crippen MR) is 248 cm³/mol. The van der Waals surface area contributed by atoms with Crippen LogP contribution in [0.15, 0.2) is 212 Å². The molecule has 0 heterocycles. The summed E-state index contributed by atoms with van der Waals surface area (Å²) in [7, 11) is 0. The molecular formula is C57H41N. The Hall–Kier alpha value is -7.22. The Morgan fingerprint density at radius 2 is 0.638 bits per heavy atom. The van der Waals surface area contributed by atoms with Crippen LogP contribution in [-0.2, 0) is 5.41 Å². The minimum Gasteiger partial charge on any atom is -0.310 e. The Labute approximate surface area is 340 Å². The summed E-state index contributed by atoms with van der Waals surface area (Å²) in [5.74, 6) is 0. The standard InChI is InChI=1S/C57H41N/c1-57(2)55-36-43(39-15-7-4-8-16-39)26-33-52(55)53-34-31-46(37-56(53)57)58(44-27-21-40(22-28-44)38-13-5-3-6-14-38)45-29-23-41(24-30-45)42-25-32-51-49-19-10-9-17-47(49)48-18-11-12-20-50(48)54(51)35-42/h3-37H,1-2H3. The SMILES string of the molecule is CC1(C)c2cc(-c3ccccc3)ccc2-c2ccc(N(c3ccc(-c4ccccc4)cc3)c3ccc(-c4ccc5c6ccccc6c6ccccc6c5c4)cc3)cc21. The lowest BCUT2D eigenvalue weighted by Crippen LogP contribution is -2.16. The van der Waals surface area contributed by atoms with Gasteiger partial charge in [0.1, 0.15) is 0 Å². The van der Waals surface area contributed by atoms with Gasteiger partial charge in [-0.1, -0.05) is 178 Å². The van der Waals surface area contributed by atoms with Crippen molar-refractivity contribution >= 4 is 49.4 Å². The first-order chi connectivity index (χ1) is 28.5. The highest BCUT2D eigenvalue weighted by atomic mass is 15.1. The molecule has 0 spiro atoms. The van der Waals surface area contributed by atoms with Crippen LogP contribution < -0.4 is 4.90 Å². The van der Waals surface area contributed by atoms with Gasteiger partial charge in [-0.25, -0.2) is 0 Å². The molecule has 274 valence electrons. The lowest BCUT2D eigenvalue weighted by Gasteiger charge is -2.28. The zero-order valence-corrected chi connectivity index (χ0v) is 32.7. The third-order valence-electron chi connectivity index (χ3n) is 12.5. The molecule has 0 fully saturated rings. The van der Waals surface area contributed by atoms with Gasteiger partial charge in [0.15, 0.2) is 0 Å². The van der Waals surface area contributed by atoms with Crippen molar-refractivity contribution in [3.63, 3.8) is 0 Å². The summed E-state index contributed by atoms with van der Waals surface area (Å²) >= 11 is 0. The van der Waals surface area contributed by atoms with Crippen molar-refractivity contribution in [1.82, 2.24) is 0 Å². The molecule has 58 heavy (non-hydrogen) atoms. The summed E-state index contributed by atoms with van der Waals surface area (Å²) in [6.07, 6.45) is 0. The smallest absolute Gasteiger partial charge is 0.0465 e. The van der Waals surface area contributed by atoms with E-state index in [4.69, 9.17) is 0 Å². The molecule has 0 saturated carbocycles. The molecule has 10 aromatic carbocycles. The fourth-order valence-corrected chi connectivity index (χ4v) is 9.45. The normalized spacial score (nSPS) is 12.8. The molecule has 1 nitrogen and oxygen atoms in total. The third-order valence-corrected chi connectivity index (χ3v) is 12.5. The van der Waals surface area contributed by atoms with Gasteiger partial charge in [0.2, 0.25) is 0 Å². The van der Waals surface area contributed by atoms with E-state index in [1.165, 1.54) is 88.0 Å². The second-order valence-corrected chi connectivity index (χ2v) is 16.1. The average Bonchev–Trinajstić information content (AvgIpc) is 3.52. The van der Waals surface area contributed by atoms with Gasteiger partial charge in [-0.15, -0.1) is 0 Å². The van der Waals surface area contributed by atoms with Gasteiger partial charge in [0.25, 0.3) is 0 Å². The number of hydrogen-bond acceptors (Lipinski definition) is 1. The summed E-state index contributed by atoms with van der Waals surface area (Å²) in [5.41, 5.74) is 15.9. The van der Waals surface area contributed by atoms with Gasteiger partial charge < -0.3 is 4.90 Å². The first kappa shape index (κ1) is 34.1. The number of anilines is 3. The molecule has 0 bridgehead atoms. The highest BCUT2D eigenvalue weighted by Gasteiger charge is 2.36. The predicted octanol–water partition coefficient (Wildman–Crippen LogP) is 15.9. The summed E-state index contributed by atoms with van der Waals surface area (Å²) in [5, 5.41) is 7.76. The van der Waals surface area contributed by atoms with Crippen molar-refractivity contribution in [2.45, 2.75) is 19.3 Å². The first-order valence-electron chi connectivity index (χ1n) is 20.3. The Kier molecular flexibility index (Phi) is 7.91. The Bertz CT molecular complexity index is 3120. The summed E-state index contributed by atoms with van der Waals surface area (Å²) in [4.78, 5) is 2.41. The van der Waals surface area contributed by atoms with Gasteiger partial charge in [-0.2, -0.15) is 0 Å². The van der Waals surface area contributed by atoms with Gasteiger partial charge in [-0.3, -0.25) is 0 Å². The van der Waals surface area contributed by atoms with E-state index >= 15 is 0 Å². The van der Waals surface area contributed by atoms with E-state index in [9.17, 15) is 0 Å². The molecule has 0 aliphatic heterocycles. The van der Waals surface area contributed by atoms with Crippen LogP contribution in [0.2, 0.25) is 0 Å². The van der Waals surface area contributed by atoms with Crippen LogP contribution in [0.1, 0.15) is 25.0 Å². The Morgan fingerprint density at radius 3 is 1.21 bits per heavy atom. The van der Waals surface area contributed by atoms with Crippen molar-refractivity contribution in [1.29, 1.82) is 0 Å². The molecular weight excluding hydrogens is 699 g/mol. The molecule has 10 aromatic rings. The molecule has 0 unspecified atom stereocenters. The lowest BCUT2D eigenvalue weighted by molar-refractivity contribution is 0.660. The van der Waals surface area contributed by atoms with E-state index in [0.717, 1.165) is 17.1 Å². The quantitative estimate of drug-likeness (QED) is 0.154. The van der Waals surface area contributed by atoms with Crippen molar-refractivity contribution < 1.29 is 0 Å². The number of benzene rings is 10. The van der Waals surface area contributed by atoms with E-state index in [2.05, 4.69) is 231 Å². The van der Waals surface area contributed by atoms with E-state index in [0.29, 0.717) is 0 Å². The second-order valence-electron chi connectivity index (χ2n) is 16.1. The molecule has 0 amide bonds. The van der Waals surface area contributed by atoms with Crippen molar-refractivity contribution in [3.8, 4) is 44.5 Å². The van der Waals surface area contributed by atoms with Crippen LogP contribution >= 0.6 is 0 Å². The van der Waals surface area contributed by atoms with E-state index in [1.807, 2.05) is 0 Å². The van der Waals surface area contributed by atoms with Gasteiger partial charge >= 0.3 is 0 Å². The molecule has 0 saturated heterocycles. The maximum atomic E-state index is 2.43.